The summed E-state index contributed by atoms with van der Waals surface area (Å²) in [5, 5.41) is 11.9. The van der Waals surface area contributed by atoms with Gasteiger partial charge in [-0.2, -0.15) is 5.26 Å². The van der Waals surface area contributed by atoms with Gasteiger partial charge in [0.1, 0.15) is 6.07 Å². The molecule has 0 heterocycles. The van der Waals surface area contributed by atoms with E-state index in [1.165, 1.54) is 0 Å². The Kier molecular flexibility index (Phi) is 3.75. The number of hydrogen-bond donors (Lipinski definition) is 2. The first-order chi connectivity index (χ1) is 7.48. The third-order valence-corrected chi connectivity index (χ3v) is 2.44. The molecule has 0 saturated heterocycles. The Balaban J connectivity index is 2.70. The summed E-state index contributed by atoms with van der Waals surface area (Å²) in [6.07, 6.45) is 0. The van der Waals surface area contributed by atoms with Gasteiger partial charge < -0.3 is 15.8 Å². The van der Waals surface area contributed by atoms with Crippen molar-refractivity contribution >= 4 is 11.4 Å². The molecule has 0 fully saturated rings. The number of benzene rings is 1. The van der Waals surface area contributed by atoms with E-state index in [9.17, 15) is 0 Å². The second-order valence-corrected chi connectivity index (χ2v) is 4.23. The molecule has 0 aliphatic heterocycles. The highest BCUT2D eigenvalue weighted by Gasteiger charge is 2.15. The molecule has 0 aromatic heterocycles. The lowest BCUT2D eigenvalue weighted by molar-refractivity contribution is 0.0344. The van der Waals surface area contributed by atoms with Crippen LogP contribution in [0, 0.1) is 11.3 Å². The fourth-order valence-corrected chi connectivity index (χ4v) is 1.16. The molecule has 0 aliphatic rings. The Hall–Kier alpha value is -1.73. The monoisotopic (exact) mass is 219 g/mol. The van der Waals surface area contributed by atoms with Crippen LogP contribution in [0.1, 0.15) is 19.4 Å². The van der Waals surface area contributed by atoms with Crippen LogP contribution in [0.5, 0.6) is 0 Å². The number of nitriles is 1. The second-order valence-electron chi connectivity index (χ2n) is 4.23. The number of nitrogens with zero attached hydrogens (tertiary/aromatic N) is 1. The maximum atomic E-state index is 8.74. The van der Waals surface area contributed by atoms with Gasteiger partial charge in [-0.15, -0.1) is 0 Å². The molecule has 0 radical (unpaired) electrons. The molecular weight excluding hydrogens is 202 g/mol. The Labute approximate surface area is 96.0 Å². The Morgan fingerprint density at radius 1 is 1.50 bits per heavy atom. The number of nitrogen functional groups attached to an aromatic ring is 1. The molecule has 4 nitrogen and oxygen atoms in total. The molecular formula is C12H17N3O. The lowest BCUT2D eigenvalue weighted by Gasteiger charge is -2.23. The number of nitrogens with one attached hydrogen (secondary N) is 1. The van der Waals surface area contributed by atoms with Gasteiger partial charge in [-0.1, -0.05) is 0 Å². The van der Waals surface area contributed by atoms with Crippen molar-refractivity contribution in [1.82, 2.24) is 0 Å². The van der Waals surface area contributed by atoms with Gasteiger partial charge in [0.2, 0.25) is 0 Å². The summed E-state index contributed by atoms with van der Waals surface area (Å²) in [6.45, 7) is 4.66. The highest BCUT2D eigenvalue weighted by Crippen LogP contribution is 2.18. The minimum atomic E-state index is -0.233. The molecule has 86 valence electrons. The van der Waals surface area contributed by atoms with E-state index in [0.29, 0.717) is 17.8 Å². The first-order valence-electron chi connectivity index (χ1n) is 5.07. The van der Waals surface area contributed by atoms with Crippen molar-refractivity contribution in [2.45, 2.75) is 19.4 Å². The van der Waals surface area contributed by atoms with Crippen LogP contribution in [-0.4, -0.2) is 19.3 Å². The van der Waals surface area contributed by atoms with Gasteiger partial charge in [-0.05, 0) is 32.0 Å². The van der Waals surface area contributed by atoms with Gasteiger partial charge in [0.05, 0.1) is 16.9 Å². The number of anilines is 2. The van der Waals surface area contributed by atoms with E-state index in [1.54, 1.807) is 19.2 Å². The molecule has 4 heteroatoms. The van der Waals surface area contributed by atoms with Crippen LogP contribution in [0.4, 0.5) is 11.4 Å². The van der Waals surface area contributed by atoms with Crippen molar-refractivity contribution < 1.29 is 4.74 Å². The number of methoxy groups -OCH3 is 1. The van der Waals surface area contributed by atoms with Gasteiger partial charge in [-0.25, -0.2) is 0 Å². The van der Waals surface area contributed by atoms with Crippen molar-refractivity contribution in [1.29, 1.82) is 5.26 Å². The molecule has 0 spiro atoms. The molecule has 0 saturated carbocycles. The third-order valence-electron chi connectivity index (χ3n) is 2.44. The largest absolute Gasteiger partial charge is 0.398 e. The summed E-state index contributed by atoms with van der Waals surface area (Å²) in [6, 6.07) is 7.32. The van der Waals surface area contributed by atoms with Gasteiger partial charge in [-0.3, -0.25) is 0 Å². The average Bonchev–Trinajstić information content (AvgIpc) is 2.27. The lowest BCUT2D eigenvalue weighted by Crippen LogP contribution is -2.32. The van der Waals surface area contributed by atoms with E-state index in [4.69, 9.17) is 15.7 Å². The van der Waals surface area contributed by atoms with Crippen LogP contribution in [0.25, 0.3) is 0 Å². The summed E-state index contributed by atoms with van der Waals surface area (Å²) in [5.74, 6) is 0. The zero-order valence-electron chi connectivity index (χ0n) is 9.87. The third kappa shape index (κ3) is 3.14. The topological polar surface area (TPSA) is 71.1 Å². The number of rotatable bonds is 4. The van der Waals surface area contributed by atoms with E-state index in [1.807, 2.05) is 26.0 Å². The second kappa shape index (κ2) is 4.86. The molecule has 1 aromatic rings. The summed E-state index contributed by atoms with van der Waals surface area (Å²) in [4.78, 5) is 0. The Bertz CT molecular complexity index is 407. The fraction of sp³-hybridized carbons (Fsp3) is 0.417. The van der Waals surface area contributed by atoms with E-state index < -0.39 is 0 Å². The van der Waals surface area contributed by atoms with Crippen LogP contribution >= 0.6 is 0 Å². The van der Waals surface area contributed by atoms with Crippen molar-refractivity contribution in [3.63, 3.8) is 0 Å². The van der Waals surface area contributed by atoms with Crippen molar-refractivity contribution in [2.75, 3.05) is 24.7 Å². The first-order valence-corrected chi connectivity index (χ1v) is 5.07. The molecule has 0 unspecified atom stereocenters. The van der Waals surface area contributed by atoms with Crippen molar-refractivity contribution in [3.8, 4) is 6.07 Å². The van der Waals surface area contributed by atoms with E-state index in [2.05, 4.69) is 5.32 Å². The van der Waals surface area contributed by atoms with Crippen molar-refractivity contribution in [2.24, 2.45) is 0 Å². The standard InChI is InChI=1S/C12H17N3O/c1-12(2,16-3)8-15-10-5-4-9(7-13)11(14)6-10/h4-6,15H,8,14H2,1-3H3. The Morgan fingerprint density at radius 2 is 2.19 bits per heavy atom. The normalized spacial score (nSPS) is 10.9. The highest BCUT2D eigenvalue weighted by molar-refractivity contribution is 5.62. The number of nitrogens with two attached hydrogens (primary N) is 1. The predicted molar refractivity (Wildman–Crippen MR) is 65.1 cm³/mol. The van der Waals surface area contributed by atoms with E-state index in [-0.39, 0.29) is 5.60 Å². The summed E-state index contributed by atoms with van der Waals surface area (Å²) in [7, 11) is 1.68. The van der Waals surface area contributed by atoms with Gasteiger partial charge in [0.25, 0.3) is 0 Å². The van der Waals surface area contributed by atoms with Crippen LogP contribution in [0.15, 0.2) is 18.2 Å². The molecule has 1 aromatic carbocycles. The summed E-state index contributed by atoms with van der Waals surface area (Å²) < 4.78 is 5.29. The molecule has 0 atom stereocenters. The van der Waals surface area contributed by atoms with E-state index >= 15 is 0 Å². The number of ether oxygens (including phenoxy) is 1. The van der Waals surface area contributed by atoms with Crippen LogP contribution in [0.2, 0.25) is 0 Å². The molecule has 16 heavy (non-hydrogen) atoms. The zero-order valence-corrected chi connectivity index (χ0v) is 9.87. The predicted octanol–water partition coefficient (Wildman–Crippen LogP) is 1.98. The average molecular weight is 219 g/mol. The van der Waals surface area contributed by atoms with Crippen LogP contribution in [-0.2, 0) is 4.74 Å². The molecule has 0 bridgehead atoms. The van der Waals surface area contributed by atoms with Crippen LogP contribution in [0.3, 0.4) is 0 Å². The fourth-order valence-electron chi connectivity index (χ4n) is 1.16. The van der Waals surface area contributed by atoms with Crippen LogP contribution < -0.4 is 11.1 Å². The molecule has 3 N–H and O–H groups in total. The minimum Gasteiger partial charge on any atom is -0.398 e. The van der Waals surface area contributed by atoms with E-state index in [0.717, 1.165) is 5.69 Å². The maximum absolute atomic E-state index is 8.74. The smallest absolute Gasteiger partial charge is 0.101 e. The summed E-state index contributed by atoms with van der Waals surface area (Å²) >= 11 is 0. The molecule has 1 rings (SSSR count). The van der Waals surface area contributed by atoms with Gasteiger partial charge >= 0.3 is 0 Å². The molecule has 0 aliphatic carbocycles. The SMILES string of the molecule is COC(C)(C)CNc1ccc(C#N)c(N)c1. The van der Waals surface area contributed by atoms with Gasteiger partial charge in [0, 0.05) is 19.3 Å². The summed E-state index contributed by atoms with van der Waals surface area (Å²) in [5.41, 5.74) is 7.35. The number of hydrogen-bond acceptors (Lipinski definition) is 4. The minimum absolute atomic E-state index is 0.233. The maximum Gasteiger partial charge on any atom is 0.101 e. The first kappa shape index (κ1) is 12.3. The molecule has 0 amide bonds. The van der Waals surface area contributed by atoms with Gasteiger partial charge in [0.15, 0.2) is 0 Å². The quantitative estimate of drug-likeness (QED) is 0.759. The highest BCUT2D eigenvalue weighted by atomic mass is 16.5. The lowest BCUT2D eigenvalue weighted by atomic mass is 10.1. The Morgan fingerprint density at radius 3 is 2.69 bits per heavy atom. The van der Waals surface area contributed by atoms with Crippen molar-refractivity contribution in [3.05, 3.63) is 23.8 Å². The zero-order chi connectivity index (χ0) is 12.2.